The van der Waals surface area contributed by atoms with Crippen LogP contribution in [-0.2, 0) is 0 Å². The van der Waals surface area contributed by atoms with Gasteiger partial charge in [0.15, 0.2) is 0 Å². The van der Waals surface area contributed by atoms with Crippen molar-refractivity contribution < 1.29 is 9.72 Å². The number of piperazine rings is 1. The Hall–Kier alpha value is -3.30. The number of carbonyl (C=O) groups is 1. The molecular weight excluding hydrogens is 576 g/mol. The Morgan fingerprint density at radius 2 is 1.60 bits per heavy atom. The summed E-state index contributed by atoms with van der Waals surface area (Å²) in [6.07, 6.45) is 0. The van der Waals surface area contributed by atoms with Crippen molar-refractivity contribution in [3.8, 4) is 11.3 Å². The predicted octanol–water partition coefficient (Wildman–Crippen LogP) is 6.30. The van der Waals surface area contributed by atoms with Gasteiger partial charge in [0.05, 0.1) is 21.7 Å². The molecule has 1 aromatic heterocycles. The summed E-state index contributed by atoms with van der Waals surface area (Å²) in [6, 6.07) is 22.1. The van der Waals surface area contributed by atoms with Gasteiger partial charge in [0.2, 0.25) is 0 Å². The van der Waals surface area contributed by atoms with Gasteiger partial charge < -0.3 is 9.80 Å². The van der Waals surface area contributed by atoms with Crippen molar-refractivity contribution in [3.63, 3.8) is 0 Å². The van der Waals surface area contributed by atoms with E-state index in [-0.39, 0.29) is 11.6 Å². The highest BCUT2D eigenvalue weighted by Gasteiger charge is 2.25. The number of anilines is 1. The van der Waals surface area contributed by atoms with Gasteiger partial charge in [-0.25, -0.2) is 4.98 Å². The minimum Gasteiger partial charge on any atom is -0.368 e. The van der Waals surface area contributed by atoms with Gasteiger partial charge in [0.25, 0.3) is 11.6 Å². The highest BCUT2D eigenvalue weighted by molar-refractivity contribution is 9.11. The van der Waals surface area contributed by atoms with Crippen molar-refractivity contribution in [2.24, 2.45) is 0 Å². The highest BCUT2D eigenvalue weighted by Crippen LogP contribution is 2.33. The number of rotatable bonds is 4. The van der Waals surface area contributed by atoms with Crippen LogP contribution in [0.25, 0.3) is 22.2 Å². The topological polar surface area (TPSA) is 79.6 Å². The van der Waals surface area contributed by atoms with Crippen LogP contribution in [0.1, 0.15) is 10.4 Å². The number of hydrogen-bond donors (Lipinski definition) is 0. The molecule has 176 valence electrons. The maximum absolute atomic E-state index is 13.8. The number of benzene rings is 3. The third-order valence-electron chi connectivity index (χ3n) is 6.12. The van der Waals surface area contributed by atoms with E-state index in [1.54, 1.807) is 12.1 Å². The highest BCUT2D eigenvalue weighted by atomic mass is 79.9. The number of carbonyl (C=O) groups excluding carboxylic acids is 1. The summed E-state index contributed by atoms with van der Waals surface area (Å²) in [5.74, 6) is -0.0390. The quantitative estimate of drug-likeness (QED) is 0.204. The fraction of sp³-hybridized carbons (Fsp3) is 0.154. The molecule has 5 rings (SSSR count). The van der Waals surface area contributed by atoms with Crippen LogP contribution in [0.15, 0.2) is 81.7 Å². The van der Waals surface area contributed by atoms with Crippen LogP contribution in [0.3, 0.4) is 0 Å². The molecule has 0 saturated carbocycles. The van der Waals surface area contributed by atoms with Gasteiger partial charge >= 0.3 is 0 Å². The minimum atomic E-state index is -0.403. The SMILES string of the molecule is O=C(c1cc(-c2ccccc2)nc2c(Br)cc(Br)cc12)N1CCN(c2ccc([N+](=O)[O-])cc2)CC1. The van der Waals surface area contributed by atoms with Crippen molar-refractivity contribution in [3.05, 3.63) is 97.4 Å². The van der Waals surface area contributed by atoms with E-state index in [1.807, 2.05) is 53.4 Å². The molecule has 0 radical (unpaired) electrons. The first kappa shape index (κ1) is 23.4. The first-order valence-electron chi connectivity index (χ1n) is 11.0. The Morgan fingerprint density at radius 3 is 2.26 bits per heavy atom. The van der Waals surface area contributed by atoms with Crippen molar-refractivity contribution >= 4 is 60.0 Å². The van der Waals surface area contributed by atoms with E-state index in [0.717, 1.165) is 36.8 Å². The molecule has 1 aliphatic heterocycles. The molecule has 1 saturated heterocycles. The molecule has 0 aliphatic carbocycles. The van der Waals surface area contributed by atoms with Crippen molar-refractivity contribution in [2.75, 3.05) is 31.1 Å². The zero-order valence-electron chi connectivity index (χ0n) is 18.5. The maximum Gasteiger partial charge on any atom is 0.269 e. The van der Waals surface area contributed by atoms with E-state index in [2.05, 4.69) is 36.8 Å². The predicted molar refractivity (Wildman–Crippen MR) is 144 cm³/mol. The average molecular weight is 596 g/mol. The fourth-order valence-corrected chi connectivity index (χ4v) is 5.62. The summed E-state index contributed by atoms with van der Waals surface area (Å²) < 4.78 is 1.68. The van der Waals surface area contributed by atoms with Gasteiger partial charge in [-0.1, -0.05) is 46.3 Å². The second kappa shape index (κ2) is 9.75. The van der Waals surface area contributed by atoms with Crippen LogP contribution in [0.5, 0.6) is 0 Å². The van der Waals surface area contributed by atoms with Gasteiger partial charge in [-0.2, -0.15) is 0 Å². The lowest BCUT2D eigenvalue weighted by Crippen LogP contribution is -2.48. The van der Waals surface area contributed by atoms with Crippen LogP contribution >= 0.6 is 31.9 Å². The van der Waals surface area contributed by atoms with Gasteiger partial charge in [-0.15, -0.1) is 0 Å². The first-order chi connectivity index (χ1) is 16.9. The molecule has 0 bridgehead atoms. The van der Waals surface area contributed by atoms with E-state index in [1.165, 1.54) is 12.1 Å². The normalized spacial score (nSPS) is 13.8. The van der Waals surface area contributed by atoms with E-state index in [4.69, 9.17) is 4.98 Å². The number of aromatic nitrogens is 1. The molecule has 3 aromatic carbocycles. The Balaban J connectivity index is 1.44. The van der Waals surface area contributed by atoms with Gasteiger partial charge in [0, 0.05) is 63.9 Å². The third kappa shape index (κ3) is 4.78. The summed E-state index contributed by atoms with van der Waals surface area (Å²) in [7, 11) is 0. The molecule has 1 amide bonds. The molecule has 1 aliphatic rings. The molecule has 0 N–H and O–H groups in total. The number of non-ortho nitro benzene ring substituents is 1. The van der Waals surface area contributed by atoms with Crippen molar-refractivity contribution in [1.29, 1.82) is 0 Å². The minimum absolute atomic E-state index is 0.0390. The van der Waals surface area contributed by atoms with Crippen molar-refractivity contribution in [1.82, 2.24) is 9.88 Å². The molecule has 9 heteroatoms. The third-order valence-corrected chi connectivity index (χ3v) is 7.19. The summed E-state index contributed by atoms with van der Waals surface area (Å²) in [4.78, 5) is 33.1. The van der Waals surface area contributed by atoms with E-state index >= 15 is 0 Å². The Labute approximate surface area is 218 Å². The number of amides is 1. The monoisotopic (exact) mass is 594 g/mol. The van der Waals surface area contributed by atoms with Gasteiger partial charge in [-0.3, -0.25) is 14.9 Å². The summed E-state index contributed by atoms with van der Waals surface area (Å²) >= 11 is 7.16. The first-order valence-corrected chi connectivity index (χ1v) is 12.6. The number of halogens is 2. The molecular formula is C26H20Br2N4O3. The molecule has 7 nitrogen and oxygen atoms in total. The van der Waals surface area contributed by atoms with Crippen LogP contribution in [0.2, 0.25) is 0 Å². The lowest BCUT2D eigenvalue weighted by molar-refractivity contribution is -0.384. The maximum atomic E-state index is 13.8. The van der Waals surface area contributed by atoms with Crippen LogP contribution < -0.4 is 4.90 Å². The lowest BCUT2D eigenvalue weighted by Gasteiger charge is -2.36. The average Bonchev–Trinajstić information content (AvgIpc) is 2.88. The Kier molecular flexibility index (Phi) is 6.53. The zero-order chi connectivity index (χ0) is 24.5. The Morgan fingerprint density at radius 1 is 0.914 bits per heavy atom. The van der Waals surface area contributed by atoms with E-state index < -0.39 is 4.92 Å². The molecule has 1 fully saturated rings. The molecule has 0 spiro atoms. The van der Waals surface area contributed by atoms with E-state index in [9.17, 15) is 14.9 Å². The number of nitrogens with zero attached hydrogens (tertiary/aromatic N) is 4. The summed E-state index contributed by atoms with van der Waals surface area (Å²) in [6.45, 7) is 2.39. The standard InChI is InChI=1S/C26H20Br2N4O3/c27-18-14-21-22(16-24(17-4-2-1-3-5-17)29-25(21)23(28)15-18)26(33)31-12-10-30(11-13-31)19-6-8-20(9-7-19)32(34)35/h1-9,14-16H,10-13H2. The van der Waals surface area contributed by atoms with Crippen molar-refractivity contribution in [2.45, 2.75) is 0 Å². The number of hydrogen-bond acceptors (Lipinski definition) is 5. The fourth-order valence-electron chi connectivity index (χ4n) is 4.31. The smallest absolute Gasteiger partial charge is 0.269 e. The number of fused-ring (bicyclic) bond motifs is 1. The largest absolute Gasteiger partial charge is 0.368 e. The van der Waals surface area contributed by atoms with Gasteiger partial charge in [0.1, 0.15) is 0 Å². The molecule has 0 atom stereocenters. The second-order valence-corrected chi connectivity index (χ2v) is 10.0. The van der Waals surface area contributed by atoms with Gasteiger partial charge in [-0.05, 0) is 46.3 Å². The Bertz CT molecular complexity index is 1420. The van der Waals surface area contributed by atoms with Crippen LogP contribution in [0, 0.1) is 10.1 Å². The molecule has 35 heavy (non-hydrogen) atoms. The number of nitro benzene ring substituents is 1. The van der Waals surface area contributed by atoms with Crippen LogP contribution in [0.4, 0.5) is 11.4 Å². The van der Waals surface area contributed by atoms with E-state index in [0.29, 0.717) is 31.7 Å². The number of pyridine rings is 1. The molecule has 2 heterocycles. The zero-order valence-corrected chi connectivity index (χ0v) is 21.7. The lowest BCUT2D eigenvalue weighted by atomic mass is 10.0. The molecule has 0 unspecified atom stereocenters. The molecule has 4 aromatic rings. The summed E-state index contributed by atoms with van der Waals surface area (Å²) in [5, 5.41) is 11.7. The second-order valence-electron chi connectivity index (χ2n) is 8.26. The summed E-state index contributed by atoms with van der Waals surface area (Å²) in [5.41, 5.74) is 4.02. The van der Waals surface area contributed by atoms with Crippen LogP contribution in [-0.4, -0.2) is 46.9 Å². The number of nitro groups is 1.